The molecule has 21 heavy (non-hydrogen) atoms. The van der Waals surface area contributed by atoms with Crippen LogP contribution in [0.3, 0.4) is 0 Å². The number of carbonyl (C=O) groups is 1. The zero-order valence-corrected chi connectivity index (χ0v) is 12.0. The molecule has 2 rings (SSSR count). The Morgan fingerprint density at radius 2 is 1.95 bits per heavy atom. The Labute approximate surface area is 121 Å². The highest BCUT2D eigenvalue weighted by Crippen LogP contribution is 2.33. The second kappa shape index (κ2) is 5.67. The fraction of sp³-hybridized carbons (Fsp3) is 0.429. The molecule has 1 aliphatic heterocycles. The van der Waals surface area contributed by atoms with Gasteiger partial charge >= 0.3 is 6.61 Å². The standard InChI is InChI=1S/C14H17F2N3O2/c1-8(2)17-13-18-11(20)14(3,19-13)9-6-4-5-7-10(9)21-12(15)16/h4-8,12H,1-3H3,(H2,17,18,19,20). The van der Waals surface area contributed by atoms with Crippen molar-refractivity contribution in [3.8, 4) is 5.75 Å². The molecule has 0 aromatic heterocycles. The molecule has 1 heterocycles. The lowest BCUT2D eigenvalue weighted by atomic mass is 9.91. The normalized spacial score (nSPS) is 23.6. The molecule has 114 valence electrons. The number of nitrogens with zero attached hydrogens (tertiary/aromatic N) is 1. The number of hydrogen-bond acceptors (Lipinski definition) is 3. The first kappa shape index (κ1) is 15.2. The minimum absolute atomic E-state index is 0.0114. The van der Waals surface area contributed by atoms with Crippen molar-refractivity contribution in [2.45, 2.75) is 39.0 Å². The van der Waals surface area contributed by atoms with Gasteiger partial charge in [0.2, 0.25) is 0 Å². The third-order valence-electron chi connectivity index (χ3n) is 3.08. The number of guanidine groups is 1. The van der Waals surface area contributed by atoms with E-state index in [1.165, 1.54) is 6.07 Å². The molecule has 1 amide bonds. The van der Waals surface area contributed by atoms with Crippen molar-refractivity contribution < 1.29 is 18.3 Å². The topological polar surface area (TPSA) is 62.7 Å². The molecule has 0 saturated carbocycles. The van der Waals surface area contributed by atoms with Crippen molar-refractivity contribution in [1.29, 1.82) is 0 Å². The minimum atomic E-state index is -2.96. The van der Waals surface area contributed by atoms with E-state index in [4.69, 9.17) is 0 Å². The molecular weight excluding hydrogens is 280 g/mol. The smallest absolute Gasteiger partial charge is 0.387 e. The van der Waals surface area contributed by atoms with Crippen molar-refractivity contribution in [3.63, 3.8) is 0 Å². The van der Waals surface area contributed by atoms with E-state index in [2.05, 4.69) is 20.4 Å². The number of aliphatic imine (C=N–C) groups is 1. The maximum Gasteiger partial charge on any atom is 0.387 e. The van der Waals surface area contributed by atoms with Gasteiger partial charge in [0.05, 0.1) is 0 Å². The molecule has 0 bridgehead atoms. The van der Waals surface area contributed by atoms with Crippen LogP contribution in [0.5, 0.6) is 5.75 Å². The summed E-state index contributed by atoms with van der Waals surface area (Å²) in [6.45, 7) is 2.37. The van der Waals surface area contributed by atoms with Crippen LogP contribution in [0.2, 0.25) is 0 Å². The highest BCUT2D eigenvalue weighted by atomic mass is 19.3. The summed E-state index contributed by atoms with van der Waals surface area (Å²) in [5.41, 5.74) is -0.879. The summed E-state index contributed by atoms with van der Waals surface area (Å²) in [5.74, 6) is -0.0833. The summed E-state index contributed by atoms with van der Waals surface area (Å²) in [6, 6.07) is 6.19. The fourth-order valence-corrected chi connectivity index (χ4v) is 2.15. The van der Waals surface area contributed by atoms with Gasteiger partial charge < -0.3 is 10.1 Å². The van der Waals surface area contributed by atoms with Crippen molar-refractivity contribution in [1.82, 2.24) is 10.6 Å². The van der Waals surface area contributed by atoms with Crippen LogP contribution >= 0.6 is 0 Å². The number of halogens is 2. The van der Waals surface area contributed by atoms with Gasteiger partial charge in [-0.05, 0) is 26.8 Å². The van der Waals surface area contributed by atoms with E-state index in [0.717, 1.165) is 0 Å². The second-order valence-corrected chi connectivity index (χ2v) is 5.15. The van der Waals surface area contributed by atoms with E-state index in [0.29, 0.717) is 11.5 Å². The van der Waals surface area contributed by atoms with Crippen LogP contribution in [-0.4, -0.2) is 24.5 Å². The van der Waals surface area contributed by atoms with Crippen LogP contribution in [0.1, 0.15) is 26.3 Å². The number of benzene rings is 1. The quantitative estimate of drug-likeness (QED) is 0.893. The van der Waals surface area contributed by atoms with E-state index in [-0.39, 0.29) is 17.7 Å². The van der Waals surface area contributed by atoms with E-state index in [1.54, 1.807) is 25.1 Å². The molecule has 0 radical (unpaired) electrons. The Bertz CT molecular complexity index is 575. The predicted molar refractivity (Wildman–Crippen MR) is 74.3 cm³/mol. The van der Waals surface area contributed by atoms with Gasteiger partial charge in [-0.25, -0.2) is 0 Å². The zero-order chi connectivity index (χ0) is 15.6. The first-order valence-electron chi connectivity index (χ1n) is 6.54. The molecule has 0 aliphatic carbocycles. The number of carbonyl (C=O) groups excluding carboxylic acids is 1. The van der Waals surface area contributed by atoms with Crippen LogP contribution in [0.4, 0.5) is 8.78 Å². The van der Waals surface area contributed by atoms with Crippen LogP contribution in [0.15, 0.2) is 29.3 Å². The fourth-order valence-electron chi connectivity index (χ4n) is 2.15. The maximum absolute atomic E-state index is 12.5. The van der Waals surface area contributed by atoms with E-state index in [1.807, 2.05) is 13.8 Å². The average molecular weight is 297 g/mol. The van der Waals surface area contributed by atoms with E-state index in [9.17, 15) is 13.6 Å². The van der Waals surface area contributed by atoms with Crippen molar-refractivity contribution in [2.75, 3.05) is 0 Å². The number of nitrogens with one attached hydrogen (secondary N) is 2. The Kier molecular flexibility index (Phi) is 4.11. The Morgan fingerprint density at radius 3 is 2.57 bits per heavy atom. The molecule has 1 aromatic rings. The molecule has 0 spiro atoms. The number of ether oxygens (including phenoxy) is 1. The lowest BCUT2D eigenvalue weighted by molar-refractivity contribution is -0.123. The summed E-state index contributed by atoms with van der Waals surface area (Å²) in [5, 5.41) is 5.55. The van der Waals surface area contributed by atoms with Gasteiger partial charge in [0.25, 0.3) is 5.91 Å². The van der Waals surface area contributed by atoms with Crippen molar-refractivity contribution in [3.05, 3.63) is 29.8 Å². The van der Waals surface area contributed by atoms with Gasteiger partial charge in [-0.2, -0.15) is 8.78 Å². The van der Waals surface area contributed by atoms with Gasteiger partial charge in [-0.15, -0.1) is 0 Å². The highest BCUT2D eigenvalue weighted by Gasteiger charge is 2.44. The van der Waals surface area contributed by atoms with Gasteiger partial charge in [-0.1, -0.05) is 18.2 Å². The molecule has 1 atom stereocenters. The Hall–Kier alpha value is -2.18. The largest absolute Gasteiger partial charge is 0.434 e. The van der Waals surface area contributed by atoms with Gasteiger partial charge in [0.15, 0.2) is 5.96 Å². The number of rotatable bonds is 4. The predicted octanol–water partition coefficient (Wildman–Crippen LogP) is 1.99. The lowest BCUT2D eigenvalue weighted by Crippen LogP contribution is -2.41. The number of hydrogen-bond donors (Lipinski definition) is 2. The van der Waals surface area contributed by atoms with Crippen molar-refractivity contribution >= 4 is 11.9 Å². The van der Waals surface area contributed by atoms with Gasteiger partial charge in [-0.3, -0.25) is 15.1 Å². The molecule has 1 unspecified atom stereocenters. The molecule has 1 saturated heterocycles. The summed E-state index contributed by atoms with van der Waals surface area (Å²) < 4.78 is 29.5. The van der Waals surface area contributed by atoms with E-state index >= 15 is 0 Å². The molecule has 7 heteroatoms. The highest BCUT2D eigenvalue weighted by molar-refractivity contribution is 6.09. The average Bonchev–Trinajstić information content (AvgIpc) is 2.64. The number of alkyl halides is 2. The summed E-state index contributed by atoms with van der Waals surface area (Å²) >= 11 is 0. The SMILES string of the molecule is CC(C)N=C1NC(=O)C(C)(c2ccccc2OC(F)F)N1. The number of para-hydroxylation sites is 1. The Balaban J connectivity index is 2.39. The minimum Gasteiger partial charge on any atom is -0.434 e. The molecule has 1 fully saturated rings. The molecule has 5 nitrogen and oxygen atoms in total. The summed E-state index contributed by atoms with van der Waals surface area (Å²) in [6.07, 6.45) is 0. The van der Waals surface area contributed by atoms with Gasteiger partial charge in [0, 0.05) is 11.6 Å². The van der Waals surface area contributed by atoms with Crippen LogP contribution in [-0.2, 0) is 10.3 Å². The zero-order valence-electron chi connectivity index (χ0n) is 12.0. The first-order valence-corrected chi connectivity index (χ1v) is 6.54. The van der Waals surface area contributed by atoms with Crippen LogP contribution in [0.25, 0.3) is 0 Å². The molecular formula is C14H17F2N3O2. The van der Waals surface area contributed by atoms with Crippen molar-refractivity contribution in [2.24, 2.45) is 4.99 Å². The summed E-state index contributed by atoms with van der Waals surface area (Å²) in [4.78, 5) is 16.5. The monoisotopic (exact) mass is 297 g/mol. The first-order chi connectivity index (χ1) is 9.83. The lowest BCUT2D eigenvalue weighted by Gasteiger charge is -2.24. The van der Waals surface area contributed by atoms with E-state index < -0.39 is 12.2 Å². The molecule has 1 aliphatic rings. The number of amides is 1. The summed E-state index contributed by atoms with van der Waals surface area (Å²) in [7, 11) is 0. The van der Waals surface area contributed by atoms with Crippen LogP contribution in [0, 0.1) is 0 Å². The maximum atomic E-state index is 12.5. The van der Waals surface area contributed by atoms with Crippen LogP contribution < -0.4 is 15.4 Å². The van der Waals surface area contributed by atoms with Gasteiger partial charge in [0.1, 0.15) is 11.3 Å². The second-order valence-electron chi connectivity index (χ2n) is 5.15. The third kappa shape index (κ3) is 3.12. The third-order valence-corrected chi connectivity index (χ3v) is 3.08. The Morgan fingerprint density at radius 1 is 1.29 bits per heavy atom. The molecule has 2 N–H and O–H groups in total. The molecule has 1 aromatic carbocycles.